The van der Waals surface area contributed by atoms with Crippen LogP contribution in [0.3, 0.4) is 0 Å². The predicted molar refractivity (Wildman–Crippen MR) is 56.6 cm³/mol. The molecule has 1 amide bonds. The number of nitrogens with one attached hydrogen (secondary N) is 2. The van der Waals surface area contributed by atoms with Gasteiger partial charge in [-0.05, 0) is 24.4 Å². The highest BCUT2D eigenvalue weighted by Crippen LogP contribution is 2.27. The number of carboxylic acid groups (broad SMARTS) is 1. The summed E-state index contributed by atoms with van der Waals surface area (Å²) in [5, 5.41) is 11.9. The van der Waals surface area contributed by atoms with Gasteiger partial charge in [0.1, 0.15) is 11.5 Å². The zero-order valence-corrected chi connectivity index (χ0v) is 8.89. The summed E-state index contributed by atoms with van der Waals surface area (Å²) in [6.07, 6.45) is -5.99. The molecule has 0 unspecified atom stereocenters. The Morgan fingerprint density at radius 1 is 1.41 bits per heavy atom. The Kier molecular flexibility index (Phi) is 3.84. The lowest BCUT2D eigenvalue weighted by molar-refractivity contribution is -0.141. The van der Waals surface area contributed by atoms with Crippen LogP contribution < -0.4 is 10.6 Å². The van der Waals surface area contributed by atoms with Gasteiger partial charge in [-0.2, -0.15) is 13.2 Å². The van der Waals surface area contributed by atoms with E-state index in [9.17, 15) is 18.0 Å². The number of hydrogen-bond acceptors (Lipinski definition) is 3. The number of thiocarbonyl (C=S) groups is 1. The van der Waals surface area contributed by atoms with Crippen LogP contribution in [0.2, 0.25) is 0 Å². The van der Waals surface area contributed by atoms with E-state index in [2.05, 4.69) is 22.5 Å². The molecule has 0 aliphatic rings. The minimum absolute atomic E-state index is 0.196. The van der Waals surface area contributed by atoms with Crippen LogP contribution in [-0.4, -0.2) is 21.3 Å². The number of aromatic nitrogens is 1. The molecule has 3 N–H and O–H groups in total. The lowest BCUT2D eigenvalue weighted by atomic mass is 10.3. The minimum atomic E-state index is -4.57. The first kappa shape index (κ1) is 13.2. The monoisotopic (exact) mass is 265 g/mol. The second kappa shape index (κ2) is 4.95. The van der Waals surface area contributed by atoms with Crippen molar-refractivity contribution in [3.63, 3.8) is 0 Å². The van der Waals surface area contributed by atoms with E-state index in [0.29, 0.717) is 0 Å². The van der Waals surface area contributed by atoms with Gasteiger partial charge in [0.25, 0.3) is 0 Å². The molecular formula is C8H6F3N3O2S. The maximum absolute atomic E-state index is 12.3. The molecule has 0 atom stereocenters. The van der Waals surface area contributed by atoms with Crippen LogP contribution in [0.15, 0.2) is 18.2 Å². The Morgan fingerprint density at radius 2 is 2.06 bits per heavy atom. The van der Waals surface area contributed by atoms with Crippen LogP contribution in [0.5, 0.6) is 0 Å². The topological polar surface area (TPSA) is 74.2 Å². The molecule has 0 aliphatic heterocycles. The summed E-state index contributed by atoms with van der Waals surface area (Å²) in [6, 6.07) is 3.14. The van der Waals surface area contributed by atoms with Crippen molar-refractivity contribution in [1.82, 2.24) is 10.3 Å². The number of anilines is 1. The van der Waals surface area contributed by atoms with Crippen molar-refractivity contribution in [3.8, 4) is 0 Å². The van der Waals surface area contributed by atoms with E-state index >= 15 is 0 Å². The fourth-order valence-corrected chi connectivity index (χ4v) is 1.10. The number of halogens is 3. The molecule has 0 aliphatic carbocycles. The Labute approximate surface area is 98.7 Å². The zero-order chi connectivity index (χ0) is 13.1. The van der Waals surface area contributed by atoms with Crippen LogP contribution in [0.25, 0.3) is 0 Å². The van der Waals surface area contributed by atoms with Gasteiger partial charge in [-0.15, -0.1) is 0 Å². The third-order valence-corrected chi connectivity index (χ3v) is 1.71. The summed E-state index contributed by atoms with van der Waals surface area (Å²) < 4.78 is 36.8. The quantitative estimate of drug-likeness (QED) is 0.678. The number of rotatable bonds is 1. The van der Waals surface area contributed by atoms with E-state index in [1.807, 2.05) is 0 Å². The first-order valence-corrected chi connectivity index (χ1v) is 4.55. The van der Waals surface area contributed by atoms with Gasteiger partial charge in [0, 0.05) is 0 Å². The molecule has 0 fully saturated rings. The molecule has 1 heterocycles. The SMILES string of the molecule is O=C(O)NC(=S)Nc1cccc(C(F)(F)F)n1. The Balaban J connectivity index is 2.79. The third kappa shape index (κ3) is 4.23. The molecule has 0 spiro atoms. The summed E-state index contributed by atoms with van der Waals surface area (Å²) >= 11 is 4.52. The standard InChI is InChI=1S/C8H6F3N3O2S/c9-8(10,11)4-2-1-3-5(12-4)13-6(17)14-7(15)16/h1-3H,(H,15,16)(H2,12,13,14,17). The summed E-state index contributed by atoms with van der Waals surface area (Å²) in [7, 11) is 0. The number of hydrogen-bond donors (Lipinski definition) is 3. The molecule has 0 radical (unpaired) electrons. The van der Waals surface area contributed by atoms with Crippen molar-refractivity contribution < 1.29 is 23.1 Å². The molecule has 17 heavy (non-hydrogen) atoms. The largest absolute Gasteiger partial charge is 0.465 e. The van der Waals surface area contributed by atoms with Crippen molar-refractivity contribution in [3.05, 3.63) is 23.9 Å². The maximum Gasteiger partial charge on any atom is 0.433 e. The number of nitrogens with zero attached hydrogens (tertiary/aromatic N) is 1. The van der Waals surface area contributed by atoms with Gasteiger partial charge in [0.15, 0.2) is 5.11 Å². The lowest BCUT2D eigenvalue weighted by Gasteiger charge is -2.09. The highest BCUT2D eigenvalue weighted by Gasteiger charge is 2.32. The first-order valence-electron chi connectivity index (χ1n) is 4.14. The van der Waals surface area contributed by atoms with E-state index < -0.39 is 18.0 Å². The first-order chi connectivity index (χ1) is 7.79. The Morgan fingerprint density at radius 3 is 2.59 bits per heavy atom. The van der Waals surface area contributed by atoms with E-state index in [1.54, 1.807) is 5.32 Å². The average Bonchev–Trinajstić information content (AvgIpc) is 2.15. The van der Waals surface area contributed by atoms with Crippen molar-refractivity contribution >= 4 is 29.2 Å². The van der Waals surface area contributed by atoms with Gasteiger partial charge in [-0.25, -0.2) is 9.78 Å². The van der Waals surface area contributed by atoms with Crippen molar-refractivity contribution in [2.45, 2.75) is 6.18 Å². The summed E-state index contributed by atoms with van der Waals surface area (Å²) in [4.78, 5) is 13.4. The fraction of sp³-hybridized carbons (Fsp3) is 0.125. The van der Waals surface area contributed by atoms with Crippen LogP contribution in [0.4, 0.5) is 23.8 Å². The molecule has 9 heteroatoms. The normalized spacial score (nSPS) is 10.8. The van der Waals surface area contributed by atoms with Crippen molar-refractivity contribution in [2.24, 2.45) is 0 Å². The van der Waals surface area contributed by atoms with Gasteiger partial charge < -0.3 is 10.4 Å². The van der Waals surface area contributed by atoms with E-state index in [1.165, 1.54) is 6.07 Å². The highest BCUT2D eigenvalue weighted by atomic mass is 32.1. The zero-order valence-electron chi connectivity index (χ0n) is 8.08. The number of carbonyl (C=O) groups is 1. The molecule has 1 aromatic rings. The van der Waals surface area contributed by atoms with E-state index in [-0.39, 0.29) is 10.9 Å². The molecule has 0 saturated heterocycles. The highest BCUT2D eigenvalue weighted by molar-refractivity contribution is 7.80. The minimum Gasteiger partial charge on any atom is -0.465 e. The number of pyridine rings is 1. The van der Waals surface area contributed by atoms with Crippen molar-refractivity contribution in [2.75, 3.05) is 5.32 Å². The van der Waals surface area contributed by atoms with Gasteiger partial charge in [-0.1, -0.05) is 6.07 Å². The summed E-state index contributed by atoms with van der Waals surface area (Å²) in [6.45, 7) is 0. The average molecular weight is 265 g/mol. The molecule has 92 valence electrons. The van der Waals surface area contributed by atoms with E-state index in [4.69, 9.17) is 5.11 Å². The van der Waals surface area contributed by atoms with Crippen LogP contribution >= 0.6 is 12.2 Å². The fourth-order valence-electron chi connectivity index (χ4n) is 0.907. The molecule has 0 aromatic carbocycles. The summed E-state index contributed by atoms with van der Waals surface area (Å²) in [5.41, 5.74) is -1.10. The number of amides is 1. The smallest absolute Gasteiger partial charge is 0.433 e. The van der Waals surface area contributed by atoms with Crippen LogP contribution in [-0.2, 0) is 6.18 Å². The second-order valence-corrected chi connectivity index (χ2v) is 3.20. The van der Waals surface area contributed by atoms with Gasteiger partial charge >= 0.3 is 12.3 Å². The van der Waals surface area contributed by atoms with Gasteiger partial charge in [0.05, 0.1) is 0 Å². The van der Waals surface area contributed by atoms with Crippen LogP contribution in [0, 0.1) is 0 Å². The molecule has 1 aromatic heterocycles. The Bertz CT molecular complexity index is 450. The van der Waals surface area contributed by atoms with Crippen molar-refractivity contribution in [1.29, 1.82) is 0 Å². The third-order valence-electron chi connectivity index (χ3n) is 1.50. The molecule has 0 saturated carbocycles. The molecule has 1 rings (SSSR count). The lowest BCUT2D eigenvalue weighted by Crippen LogP contribution is -2.33. The second-order valence-electron chi connectivity index (χ2n) is 2.79. The van der Waals surface area contributed by atoms with Gasteiger partial charge in [-0.3, -0.25) is 5.32 Å². The van der Waals surface area contributed by atoms with E-state index in [0.717, 1.165) is 12.1 Å². The maximum atomic E-state index is 12.3. The van der Waals surface area contributed by atoms with Crippen LogP contribution in [0.1, 0.15) is 5.69 Å². The summed E-state index contributed by atoms with van der Waals surface area (Å²) in [5.74, 6) is -0.196. The molecule has 5 nitrogen and oxygen atoms in total. The molecular weight excluding hydrogens is 259 g/mol. The van der Waals surface area contributed by atoms with Gasteiger partial charge in [0.2, 0.25) is 0 Å². The number of alkyl halides is 3. The molecule has 0 bridgehead atoms. The Hall–Kier alpha value is -1.90. The predicted octanol–water partition coefficient (Wildman–Crippen LogP) is 2.06.